The maximum Gasteiger partial charge on any atom is 0.329 e. The zero-order chi connectivity index (χ0) is 25.8. The average molecular weight is 520 g/mol. The van der Waals surface area contributed by atoms with Gasteiger partial charge in [0, 0.05) is 37.5 Å². The molecule has 9 nitrogen and oxygen atoms in total. The van der Waals surface area contributed by atoms with Crippen LogP contribution in [0.3, 0.4) is 0 Å². The molecule has 0 N–H and O–H groups in total. The fourth-order valence-corrected chi connectivity index (χ4v) is 6.10. The zero-order valence-corrected chi connectivity index (χ0v) is 21.4. The first-order valence-corrected chi connectivity index (χ1v) is 13.4. The summed E-state index contributed by atoms with van der Waals surface area (Å²) in [4.78, 5) is 24.7. The maximum atomic E-state index is 15.7. The van der Waals surface area contributed by atoms with Crippen LogP contribution in [0.5, 0.6) is 11.6 Å². The van der Waals surface area contributed by atoms with Crippen LogP contribution in [0.2, 0.25) is 0 Å². The maximum absolute atomic E-state index is 15.7. The molecule has 0 unspecified atom stereocenters. The Kier molecular flexibility index (Phi) is 5.81. The third-order valence-corrected chi connectivity index (χ3v) is 8.06. The molecular formula is C28H30FN5O4. The van der Waals surface area contributed by atoms with E-state index in [-0.39, 0.29) is 11.7 Å². The van der Waals surface area contributed by atoms with Crippen LogP contribution >= 0.6 is 0 Å². The van der Waals surface area contributed by atoms with Gasteiger partial charge in [0.15, 0.2) is 0 Å². The number of aromatic nitrogens is 4. The summed E-state index contributed by atoms with van der Waals surface area (Å²) in [5.74, 6) is 0.414. The van der Waals surface area contributed by atoms with E-state index >= 15 is 4.39 Å². The van der Waals surface area contributed by atoms with E-state index < -0.39 is 11.9 Å². The third-order valence-electron chi connectivity index (χ3n) is 8.06. The number of pyridine rings is 2. The van der Waals surface area contributed by atoms with Gasteiger partial charge >= 0.3 is 5.69 Å². The lowest BCUT2D eigenvalue weighted by Gasteiger charge is -2.26. The van der Waals surface area contributed by atoms with Crippen LogP contribution in [-0.2, 0) is 11.8 Å². The van der Waals surface area contributed by atoms with Crippen LogP contribution in [0.1, 0.15) is 31.7 Å². The summed E-state index contributed by atoms with van der Waals surface area (Å²) in [6.07, 6.45) is 7.63. The van der Waals surface area contributed by atoms with E-state index in [1.807, 2.05) is 0 Å². The van der Waals surface area contributed by atoms with E-state index in [0.717, 1.165) is 13.0 Å². The molecule has 0 aliphatic carbocycles. The van der Waals surface area contributed by atoms with E-state index in [4.69, 9.17) is 14.2 Å². The number of halogens is 1. The first kappa shape index (κ1) is 23.6. The van der Waals surface area contributed by atoms with Crippen molar-refractivity contribution >= 4 is 21.9 Å². The highest BCUT2D eigenvalue weighted by molar-refractivity contribution is 6.09. The number of hydrogen-bond acceptors (Lipinski definition) is 7. The molecule has 7 rings (SSSR count). The largest absolute Gasteiger partial charge is 0.484 e. The Hall–Kier alpha value is -3.50. The fourth-order valence-electron chi connectivity index (χ4n) is 6.10. The smallest absolute Gasteiger partial charge is 0.329 e. The molecule has 0 radical (unpaired) electrons. The van der Waals surface area contributed by atoms with Crippen molar-refractivity contribution in [3.05, 3.63) is 46.9 Å². The van der Waals surface area contributed by atoms with Crippen LogP contribution < -0.4 is 15.2 Å². The molecule has 3 aliphatic rings. The van der Waals surface area contributed by atoms with Gasteiger partial charge in [-0.25, -0.2) is 14.2 Å². The van der Waals surface area contributed by atoms with E-state index in [9.17, 15) is 4.79 Å². The molecule has 0 amide bonds. The number of nitrogens with zero attached hydrogens (tertiary/aromatic N) is 5. The van der Waals surface area contributed by atoms with Crippen LogP contribution in [0.25, 0.3) is 33.1 Å². The number of piperidine rings is 1. The zero-order valence-electron chi connectivity index (χ0n) is 21.4. The second-order valence-corrected chi connectivity index (χ2v) is 10.4. The number of hydrogen-bond donors (Lipinski definition) is 0. The van der Waals surface area contributed by atoms with Crippen molar-refractivity contribution in [3.8, 4) is 22.8 Å². The number of benzene rings is 1. The van der Waals surface area contributed by atoms with E-state index in [1.165, 1.54) is 38.4 Å². The van der Waals surface area contributed by atoms with Gasteiger partial charge in [-0.1, -0.05) is 6.42 Å². The van der Waals surface area contributed by atoms with Gasteiger partial charge in [-0.15, -0.1) is 0 Å². The van der Waals surface area contributed by atoms with E-state index in [1.54, 1.807) is 40.7 Å². The Morgan fingerprint density at radius 2 is 2.00 bits per heavy atom. The molecule has 3 aromatic heterocycles. The quantitative estimate of drug-likeness (QED) is 0.360. The lowest BCUT2D eigenvalue weighted by atomic mass is 10.0. The Morgan fingerprint density at radius 3 is 2.82 bits per heavy atom. The molecule has 4 aromatic rings. The molecule has 1 aromatic carbocycles. The minimum Gasteiger partial charge on any atom is -0.484 e. The summed E-state index contributed by atoms with van der Waals surface area (Å²) in [5.41, 5.74) is 2.50. The van der Waals surface area contributed by atoms with Crippen molar-refractivity contribution in [3.63, 3.8) is 0 Å². The molecule has 0 bridgehead atoms. The SMILES string of the molecule is Cn1c(=O)n2c3c4c(c(-c5ccc(OCCCN6CCCCC6)nc5)c(F)cc4ncc31)O[C@H]1COC[C@H]12. The van der Waals surface area contributed by atoms with Crippen molar-refractivity contribution in [2.45, 2.75) is 37.8 Å². The molecule has 2 fully saturated rings. The van der Waals surface area contributed by atoms with Crippen LogP contribution in [0.15, 0.2) is 35.4 Å². The van der Waals surface area contributed by atoms with Crippen molar-refractivity contribution in [2.75, 3.05) is 39.5 Å². The van der Waals surface area contributed by atoms with E-state index in [0.29, 0.717) is 64.5 Å². The van der Waals surface area contributed by atoms with Crippen LogP contribution in [0.4, 0.5) is 4.39 Å². The highest BCUT2D eigenvalue weighted by Gasteiger charge is 2.39. The summed E-state index contributed by atoms with van der Waals surface area (Å²) in [6.45, 7) is 4.62. The number of rotatable bonds is 6. The van der Waals surface area contributed by atoms with Gasteiger partial charge in [0.25, 0.3) is 0 Å². The molecule has 38 heavy (non-hydrogen) atoms. The normalized spacial score (nSPS) is 21.1. The van der Waals surface area contributed by atoms with Gasteiger partial charge < -0.3 is 19.1 Å². The third kappa shape index (κ3) is 3.77. The second kappa shape index (κ2) is 9.36. The Labute approximate surface area is 218 Å². The number of likely N-dealkylation sites (tertiary alicyclic amines) is 1. The summed E-state index contributed by atoms with van der Waals surface area (Å²) in [5, 5.41) is 0.629. The van der Waals surface area contributed by atoms with Crippen molar-refractivity contribution in [1.82, 2.24) is 24.0 Å². The fraction of sp³-hybridized carbons (Fsp3) is 0.464. The van der Waals surface area contributed by atoms with Gasteiger partial charge in [0.2, 0.25) is 5.88 Å². The van der Waals surface area contributed by atoms with Crippen molar-refractivity contribution in [1.29, 1.82) is 0 Å². The summed E-state index contributed by atoms with van der Waals surface area (Å²) in [7, 11) is 1.72. The minimum atomic E-state index is -0.460. The average Bonchev–Trinajstić information content (AvgIpc) is 3.44. The molecule has 2 atom stereocenters. The van der Waals surface area contributed by atoms with E-state index in [2.05, 4.69) is 14.9 Å². The number of ether oxygens (including phenoxy) is 3. The monoisotopic (exact) mass is 519 g/mol. The predicted molar refractivity (Wildman–Crippen MR) is 140 cm³/mol. The molecular weight excluding hydrogens is 489 g/mol. The van der Waals surface area contributed by atoms with Gasteiger partial charge in [0.1, 0.15) is 23.7 Å². The summed E-state index contributed by atoms with van der Waals surface area (Å²) < 4.78 is 37.0. The molecule has 0 saturated carbocycles. The van der Waals surface area contributed by atoms with Gasteiger partial charge in [-0.3, -0.25) is 14.1 Å². The van der Waals surface area contributed by atoms with Crippen molar-refractivity contribution in [2.24, 2.45) is 7.05 Å². The first-order chi connectivity index (χ1) is 18.6. The lowest BCUT2D eigenvalue weighted by Crippen LogP contribution is -2.34. The number of fused-ring (bicyclic) bond motifs is 2. The summed E-state index contributed by atoms with van der Waals surface area (Å²) in [6, 6.07) is 4.67. The van der Waals surface area contributed by atoms with Crippen LogP contribution in [0, 0.1) is 5.82 Å². The number of aryl methyl sites for hydroxylation is 1. The standard InChI is InChI=1S/C28H30FN5O4/c1-32-20-14-30-19-12-18(29)24(27-25(19)26(20)34(28(32)35)21-15-36-16-22(21)38-27)17-6-7-23(31-13-17)37-11-5-10-33-8-3-2-4-9-33/h6-7,12-14,21-22H,2-5,8-11,15-16H2,1H3/t21-,22+/m1/s1. The highest BCUT2D eigenvalue weighted by atomic mass is 19.1. The van der Waals surface area contributed by atoms with Crippen molar-refractivity contribution < 1.29 is 18.6 Å². The van der Waals surface area contributed by atoms with Gasteiger partial charge in [-0.05, 0) is 38.4 Å². The molecule has 198 valence electrons. The lowest BCUT2D eigenvalue weighted by molar-refractivity contribution is 0.140. The van der Waals surface area contributed by atoms with Crippen LogP contribution in [-0.4, -0.2) is 69.6 Å². The molecule has 0 spiro atoms. The topological polar surface area (TPSA) is 83.6 Å². The molecule has 6 heterocycles. The molecule has 2 saturated heterocycles. The van der Waals surface area contributed by atoms with Gasteiger partial charge in [0.05, 0.1) is 53.5 Å². The Morgan fingerprint density at radius 1 is 1.13 bits per heavy atom. The second-order valence-electron chi connectivity index (χ2n) is 10.4. The number of imidazole rings is 1. The highest BCUT2D eigenvalue weighted by Crippen LogP contribution is 2.45. The first-order valence-electron chi connectivity index (χ1n) is 13.4. The predicted octanol–water partition coefficient (Wildman–Crippen LogP) is 3.68. The Balaban J connectivity index is 1.24. The molecule has 3 aliphatic heterocycles. The Bertz CT molecular complexity index is 1570. The molecule has 10 heteroatoms. The summed E-state index contributed by atoms with van der Waals surface area (Å²) >= 11 is 0. The van der Waals surface area contributed by atoms with Gasteiger partial charge in [-0.2, -0.15) is 0 Å². The minimum absolute atomic E-state index is 0.166.